The Hall–Kier alpha value is -5.50. The molecule has 2 heterocycles. The molecule has 0 bridgehead atoms. The van der Waals surface area contributed by atoms with Crippen molar-refractivity contribution >= 4 is 21.8 Å². The van der Waals surface area contributed by atoms with Gasteiger partial charge >= 0.3 is 0 Å². The van der Waals surface area contributed by atoms with Crippen LogP contribution in [0.15, 0.2) is 107 Å². The molecule has 0 aliphatic rings. The molecular weight excluding hydrogens is 556 g/mol. The molecule has 0 radical (unpaired) electrons. The molecule has 0 atom stereocenters. The highest BCUT2D eigenvalue weighted by molar-refractivity contribution is 5.94. The van der Waals surface area contributed by atoms with E-state index >= 15 is 0 Å². The molecule has 0 fully saturated rings. The van der Waals surface area contributed by atoms with Crippen molar-refractivity contribution in [1.29, 1.82) is 0 Å². The smallest absolute Gasteiger partial charge is 0.262 e. The van der Waals surface area contributed by atoms with Gasteiger partial charge in [-0.1, -0.05) is 60.7 Å². The number of hydrogen-bond acceptors (Lipinski definition) is 6. The van der Waals surface area contributed by atoms with Crippen LogP contribution in [0.1, 0.15) is 12.8 Å². The van der Waals surface area contributed by atoms with Gasteiger partial charge in [-0.3, -0.25) is 9.59 Å². The number of nitrogens with zero attached hydrogens (tertiary/aromatic N) is 2. The second-order valence-electron chi connectivity index (χ2n) is 10.7. The highest BCUT2D eigenvalue weighted by Crippen LogP contribution is 2.36. The number of rotatable bonds is 9. The van der Waals surface area contributed by atoms with E-state index in [9.17, 15) is 19.8 Å². The summed E-state index contributed by atoms with van der Waals surface area (Å²) in [6.07, 6.45) is 1.44. The molecule has 0 saturated carbocycles. The lowest BCUT2D eigenvalue weighted by Crippen LogP contribution is -2.19. The molecule has 6 aromatic rings. The van der Waals surface area contributed by atoms with Crippen molar-refractivity contribution in [3.05, 3.63) is 118 Å². The Balaban J connectivity index is 1.11. The lowest BCUT2D eigenvalue weighted by atomic mass is 10.0. The van der Waals surface area contributed by atoms with Crippen molar-refractivity contribution in [3.63, 3.8) is 0 Å². The maximum atomic E-state index is 13.0. The van der Waals surface area contributed by atoms with Crippen LogP contribution in [0, 0.1) is 0 Å². The molecule has 4 aromatic carbocycles. The quantitative estimate of drug-likeness (QED) is 0.190. The number of hydrogen-bond donors (Lipinski definition) is 2. The van der Waals surface area contributed by atoms with Crippen LogP contribution in [0.3, 0.4) is 0 Å². The minimum Gasteiger partial charge on any atom is -0.506 e. The number of pyridine rings is 2. The van der Waals surface area contributed by atoms with E-state index in [4.69, 9.17) is 9.47 Å². The summed E-state index contributed by atoms with van der Waals surface area (Å²) in [5, 5.41) is 23.2. The first-order chi connectivity index (χ1) is 21.3. The molecule has 0 aliphatic carbocycles. The maximum Gasteiger partial charge on any atom is 0.262 e. The molecule has 0 amide bonds. The number of ether oxygens (including phenoxy) is 2. The van der Waals surface area contributed by atoms with Crippen LogP contribution in [0.2, 0.25) is 0 Å². The Morgan fingerprint density at radius 3 is 1.34 bits per heavy atom. The molecule has 2 aromatic heterocycles. The van der Waals surface area contributed by atoms with Crippen molar-refractivity contribution in [2.75, 3.05) is 13.2 Å². The van der Waals surface area contributed by atoms with Crippen LogP contribution < -0.4 is 20.6 Å². The fourth-order valence-electron chi connectivity index (χ4n) is 5.51. The Kier molecular flexibility index (Phi) is 7.81. The molecule has 2 N–H and O–H groups in total. The third-order valence-corrected chi connectivity index (χ3v) is 7.88. The van der Waals surface area contributed by atoms with Gasteiger partial charge in [-0.2, -0.15) is 0 Å². The standard InChI is InChI=1S/C36H32N2O6/c1-37-29-17-15-25(21-27(29)33(39)31(35(37)41)23-11-5-3-6-12-23)43-19-9-10-20-44-26-16-18-30-28(22-26)34(40)32(36(42)38(30)2)24-13-7-4-8-14-24/h3-8,11-18,21-22,39-40H,9-10,19-20H2,1-2H3. The van der Waals surface area contributed by atoms with E-state index in [0.717, 1.165) is 12.8 Å². The minimum atomic E-state index is -0.267. The van der Waals surface area contributed by atoms with Gasteiger partial charge in [0.2, 0.25) is 0 Å². The second kappa shape index (κ2) is 12.0. The summed E-state index contributed by atoms with van der Waals surface area (Å²) in [5.41, 5.74) is 2.53. The Labute approximate surface area is 253 Å². The molecule has 8 heteroatoms. The lowest BCUT2D eigenvalue weighted by Gasteiger charge is -2.14. The molecule has 0 saturated heterocycles. The van der Waals surface area contributed by atoms with E-state index in [0.29, 0.717) is 57.6 Å². The monoisotopic (exact) mass is 588 g/mol. The molecule has 0 unspecified atom stereocenters. The van der Waals surface area contributed by atoms with Crippen molar-refractivity contribution in [2.24, 2.45) is 14.1 Å². The summed E-state index contributed by atoms with van der Waals surface area (Å²) < 4.78 is 15.0. The van der Waals surface area contributed by atoms with Crippen LogP contribution >= 0.6 is 0 Å². The predicted molar refractivity (Wildman–Crippen MR) is 173 cm³/mol. The fraction of sp³-hybridized carbons (Fsp3) is 0.167. The van der Waals surface area contributed by atoms with E-state index in [1.165, 1.54) is 9.13 Å². The summed E-state index contributed by atoms with van der Waals surface area (Å²) in [7, 11) is 3.38. The SMILES string of the molecule is Cn1c(=O)c(-c2ccccc2)c(O)c2cc(OCCCCOc3ccc4c(c3)c(O)c(-c3ccccc3)c(=O)n4C)ccc21. The van der Waals surface area contributed by atoms with Gasteiger partial charge in [0.25, 0.3) is 11.1 Å². The van der Waals surface area contributed by atoms with E-state index in [1.807, 2.05) is 36.4 Å². The number of aromatic nitrogens is 2. The normalized spacial score (nSPS) is 11.2. The van der Waals surface area contributed by atoms with Crippen LogP contribution in [0.5, 0.6) is 23.0 Å². The summed E-state index contributed by atoms with van der Waals surface area (Å²) in [6.45, 7) is 0.877. The first kappa shape index (κ1) is 28.6. The predicted octanol–water partition coefficient (Wildman–Crippen LogP) is 6.37. The van der Waals surface area contributed by atoms with Crippen LogP contribution in [0.4, 0.5) is 0 Å². The van der Waals surface area contributed by atoms with E-state index in [-0.39, 0.29) is 33.7 Å². The number of unbranched alkanes of at least 4 members (excludes halogenated alkanes) is 1. The second-order valence-corrected chi connectivity index (χ2v) is 10.7. The van der Waals surface area contributed by atoms with Crippen molar-refractivity contribution in [3.8, 4) is 45.3 Å². The molecule has 0 spiro atoms. The Morgan fingerprint density at radius 1 is 0.568 bits per heavy atom. The van der Waals surface area contributed by atoms with Gasteiger partial charge in [-0.25, -0.2) is 0 Å². The summed E-state index contributed by atoms with van der Waals surface area (Å²) >= 11 is 0. The first-order valence-electron chi connectivity index (χ1n) is 14.4. The molecule has 222 valence electrons. The Morgan fingerprint density at radius 2 is 0.955 bits per heavy atom. The first-order valence-corrected chi connectivity index (χ1v) is 14.4. The van der Waals surface area contributed by atoms with Crippen LogP contribution in [0.25, 0.3) is 44.1 Å². The summed E-state index contributed by atoms with van der Waals surface area (Å²) in [4.78, 5) is 26.0. The van der Waals surface area contributed by atoms with Crippen molar-refractivity contribution < 1.29 is 19.7 Å². The van der Waals surface area contributed by atoms with Crippen LogP contribution in [-0.4, -0.2) is 32.6 Å². The average Bonchev–Trinajstić information content (AvgIpc) is 3.05. The molecular formula is C36H32N2O6. The van der Waals surface area contributed by atoms with Crippen molar-refractivity contribution in [1.82, 2.24) is 9.13 Å². The number of aryl methyl sites for hydroxylation is 2. The fourth-order valence-corrected chi connectivity index (χ4v) is 5.51. The van der Waals surface area contributed by atoms with Gasteiger partial charge < -0.3 is 28.8 Å². The molecule has 44 heavy (non-hydrogen) atoms. The van der Waals surface area contributed by atoms with Gasteiger partial charge in [0.1, 0.15) is 23.0 Å². The molecule has 0 aliphatic heterocycles. The zero-order chi connectivity index (χ0) is 30.8. The summed E-state index contributed by atoms with van der Waals surface area (Å²) in [5.74, 6) is 1.06. The highest BCUT2D eigenvalue weighted by Gasteiger charge is 2.18. The topological polar surface area (TPSA) is 103 Å². The largest absolute Gasteiger partial charge is 0.506 e. The lowest BCUT2D eigenvalue weighted by molar-refractivity contribution is 0.267. The Bertz CT molecular complexity index is 1950. The average molecular weight is 589 g/mol. The third kappa shape index (κ3) is 5.26. The van der Waals surface area contributed by atoms with Gasteiger partial charge in [0, 0.05) is 24.9 Å². The zero-order valence-corrected chi connectivity index (χ0v) is 24.5. The van der Waals surface area contributed by atoms with Gasteiger partial charge in [-0.15, -0.1) is 0 Å². The van der Waals surface area contributed by atoms with Gasteiger partial charge in [0.15, 0.2) is 0 Å². The van der Waals surface area contributed by atoms with Gasteiger partial charge in [0.05, 0.1) is 35.4 Å². The van der Waals surface area contributed by atoms with Crippen LogP contribution in [-0.2, 0) is 14.1 Å². The highest BCUT2D eigenvalue weighted by atomic mass is 16.5. The van der Waals surface area contributed by atoms with E-state index in [2.05, 4.69) is 0 Å². The zero-order valence-electron chi connectivity index (χ0n) is 24.5. The third-order valence-electron chi connectivity index (χ3n) is 7.88. The van der Waals surface area contributed by atoms with Gasteiger partial charge in [-0.05, 0) is 60.4 Å². The van der Waals surface area contributed by atoms with E-state index in [1.54, 1.807) is 74.8 Å². The number of fused-ring (bicyclic) bond motifs is 2. The van der Waals surface area contributed by atoms with Crippen molar-refractivity contribution in [2.45, 2.75) is 12.8 Å². The van der Waals surface area contributed by atoms with E-state index < -0.39 is 0 Å². The number of benzene rings is 4. The summed E-state index contributed by atoms with van der Waals surface area (Å²) in [6, 6.07) is 28.9. The maximum absolute atomic E-state index is 13.0. The number of aromatic hydroxyl groups is 2. The molecule has 6 rings (SSSR count). The minimum absolute atomic E-state index is 0.0643. The molecule has 8 nitrogen and oxygen atoms in total.